The molecule has 0 saturated heterocycles. The number of nitrogens with zero attached hydrogens (tertiary/aromatic N) is 2. The molecular weight excluding hydrogens is 200 g/mol. The van der Waals surface area contributed by atoms with Gasteiger partial charge in [0.2, 0.25) is 0 Å². The fourth-order valence-electron chi connectivity index (χ4n) is 0.904. The third-order valence-electron chi connectivity index (χ3n) is 1.51. The van der Waals surface area contributed by atoms with Crippen LogP contribution in [0, 0.1) is 0 Å². The summed E-state index contributed by atoms with van der Waals surface area (Å²) in [7, 11) is 1.35. The maximum absolute atomic E-state index is 11.3. The van der Waals surface area contributed by atoms with Gasteiger partial charge in [0.15, 0.2) is 12.0 Å². The molecule has 6 heteroatoms. The Bertz CT molecular complexity index is 378. The van der Waals surface area contributed by atoms with Crippen molar-refractivity contribution in [1.82, 2.24) is 9.97 Å². The molecule has 0 radical (unpaired) electrons. The summed E-state index contributed by atoms with van der Waals surface area (Å²) in [5, 5.41) is 0. The molecule has 80 valence electrons. The second kappa shape index (κ2) is 5.04. The summed E-state index contributed by atoms with van der Waals surface area (Å²) in [5.41, 5.74) is 0.0794. The van der Waals surface area contributed by atoms with Crippen LogP contribution in [0.1, 0.15) is 27.9 Å². The maximum atomic E-state index is 11.3. The smallest absolute Gasteiger partial charge is 0.357 e. The van der Waals surface area contributed by atoms with Crippen molar-refractivity contribution in [2.24, 2.45) is 0 Å². The first-order chi connectivity index (χ1) is 7.21. The Hall–Kier alpha value is -1.98. The van der Waals surface area contributed by atoms with Crippen LogP contribution in [-0.4, -0.2) is 35.9 Å². The van der Waals surface area contributed by atoms with Crippen LogP contribution in [-0.2, 0) is 4.74 Å². The van der Waals surface area contributed by atoms with Crippen LogP contribution in [0.2, 0.25) is 0 Å². The van der Waals surface area contributed by atoms with Crippen molar-refractivity contribution in [2.75, 3.05) is 13.7 Å². The molecule has 0 saturated carbocycles. The largest absolute Gasteiger partial charge is 0.467 e. The van der Waals surface area contributed by atoms with Crippen LogP contribution < -0.4 is 4.74 Å². The lowest BCUT2D eigenvalue weighted by atomic mass is 10.3. The molecule has 0 aromatic carbocycles. The minimum atomic E-state index is -0.610. The van der Waals surface area contributed by atoms with Gasteiger partial charge in [-0.1, -0.05) is 0 Å². The predicted molar refractivity (Wildman–Crippen MR) is 49.9 cm³/mol. The van der Waals surface area contributed by atoms with E-state index in [0.717, 1.165) is 0 Å². The van der Waals surface area contributed by atoms with E-state index in [9.17, 15) is 9.59 Å². The number of methoxy groups -OCH3 is 1. The molecule has 0 aliphatic carbocycles. The Morgan fingerprint density at radius 2 is 2.27 bits per heavy atom. The molecule has 1 heterocycles. The zero-order valence-corrected chi connectivity index (χ0v) is 8.39. The van der Waals surface area contributed by atoms with Gasteiger partial charge in [-0.3, -0.25) is 4.79 Å². The molecule has 1 aromatic rings. The molecule has 0 unspecified atom stereocenters. The van der Waals surface area contributed by atoms with Crippen molar-refractivity contribution in [3.05, 3.63) is 17.5 Å². The fraction of sp³-hybridized carbons (Fsp3) is 0.333. The number of esters is 1. The molecule has 15 heavy (non-hydrogen) atoms. The van der Waals surface area contributed by atoms with Crippen LogP contribution in [0.5, 0.6) is 6.01 Å². The first-order valence-corrected chi connectivity index (χ1v) is 4.26. The number of hydrogen-bond acceptors (Lipinski definition) is 6. The summed E-state index contributed by atoms with van der Waals surface area (Å²) in [5.74, 6) is -0.610. The van der Waals surface area contributed by atoms with E-state index in [1.54, 1.807) is 6.92 Å². The lowest BCUT2D eigenvalue weighted by Crippen LogP contribution is -2.10. The van der Waals surface area contributed by atoms with E-state index in [1.807, 2.05) is 0 Å². The number of hydrogen-bond donors (Lipinski definition) is 0. The van der Waals surface area contributed by atoms with E-state index in [-0.39, 0.29) is 24.0 Å². The summed E-state index contributed by atoms with van der Waals surface area (Å²) < 4.78 is 9.46. The average Bonchev–Trinajstić information content (AvgIpc) is 2.28. The van der Waals surface area contributed by atoms with Crippen molar-refractivity contribution in [1.29, 1.82) is 0 Å². The van der Waals surface area contributed by atoms with Crippen LogP contribution in [0.15, 0.2) is 6.07 Å². The minimum Gasteiger partial charge on any atom is -0.467 e. The molecule has 0 bridgehead atoms. The second-order valence-electron chi connectivity index (χ2n) is 2.50. The highest BCUT2D eigenvalue weighted by Crippen LogP contribution is 2.07. The number of ether oxygens (including phenoxy) is 2. The van der Waals surface area contributed by atoms with Gasteiger partial charge < -0.3 is 9.47 Å². The number of aromatic nitrogens is 2. The Morgan fingerprint density at radius 1 is 1.53 bits per heavy atom. The topological polar surface area (TPSA) is 78.4 Å². The highest BCUT2D eigenvalue weighted by molar-refractivity contribution is 5.89. The molecule has 1 aromatic heterocycles. The van der Waals surface area contributed by atoms with Gasteiger partial charge >= 0.3 is 12.0 Å². The number of rotatable bonds is 4. The zero-order valence-electron chi connectivity index (χ0n) is 8.39. The van der Waals surface area contributed by atoms with Crippen molar-refractivity contribution >= 4 is 12.3 Å². The molecule has 6 nitrogen and oxygen atoms in total. The molecule has 0 spiro atoms. The summed E-state index contributed by atoms with van der Waals surface area (Å²) >= 11 is 0. The highest BCUT2D eigenvalue weighted by Gasteiger charge is 2.12. The molecule has 0 aliphatic rings. The van der Waals surface area contributed by atoms with Crippen LogP contribution in [0.3, 0.4) is 0 Å². The van der Waals surface area contributed by atoms with Gasteiger partial charge in [-0.2, -0.15) is 9.97 Å². The van der Waals surface area contributed by atoms with Gasteiger partial charge in [-0.15, -0.1) is 0 Å². The van der Waals surface area contributed by atoms with Gasteiger partial charge in [-0.25, -0.2) is 4.79 Å². The predicted octanol–water partition coefficient (Wildman–Crippen LogP) is 0.474. The molecule has 1 rings (SSSR count). The maximum Gasteiger partial charge on any atom is 0.357 e. The third kappa shape index (κ3) is 2.73. The van der Waals surface area contributed by atoms with Gasteiger partial charge in [-0.05, 0) is 6.92 Å². The van der Waals surface area contributed by atoms with Crippen molar-refractivity contribution < 1.29 is 19.1 Å². The van der Waals surface area contributed by atoms with Crippen LogP contribution in [0.4, 0.5) is 0 Å². The monoisotopic (exact) mass is 210 g/mol. The molecule has 0 amide bonds. The number of carbonyl (C=O) groups excluding carboxylic acids is 2. The summed E-state index contributed by atoms with van der Waals surface area (Å²) in [6.45, 7) is 1.92. The first-order valence-electron chi connectivity index (χ1n) is 4.26. The van der Waals surface area contributed by atoms with Gasteiger partial charge in [0.1, 0.15) is 5.69 Å². The zero-order chi connectivity index (χ0) is 11.3. The third-order valence-corrected chi connectivity index (χ3v) is 1.51. The molecule has 0 atom stereocenters. The summed E-state index contributed by atoms with van der Waals surface area (Å²) in [6.07, 6.45) is 0.507. The molecule has 0 fully saturated rings. The minimum absolute atomic E-state index is 0.00537. The van der Waals surface area contributed by atoms with Crippen LogP contribution >= 0.6 is 0 Å². The van der Waals surface area contributed by atoms with E-state index in [1.165, 1.54) is 13.2 Å². The summed E-state index contributed by atoms with van der Waals surface area (Å²) in [4.78, 5) is 29.3. The summed E-state index contributed by atoms with van der Waals surface area (Å²) in [6, 6.07) is 1.20. The molecule has 0 N–H and O–H groups in total. The van der Waals surface area contributed by atoms with Crippen molar-refractivity contribution in [2.45, 2.75) is 6.92 Å². The Labute approximate surface area is 86.2 Å². The normalized spacial score (nSPS) is 9.47. The Kier molecular flexibility index (Phi) is 3.73. The standard InChI is InChI=1S/C9H10N2O4/c1-3-15-8(13)7-4-6(5-12)10-9(11-7)14-2/h4-5H,3H2,1-2H3. The van der Waals surface area contributed by atoms with E-state index >= 15 is 0 Å². The number of aldehydes is 1. The van der Waals surface area contributed by atoms with Gasteiger partial charge in [0.05, 0.1) is 13.7 Å². The highest BCUT2D eigenvalue weighted by atomic mass is 16.5. The second-order valence-corrected chi connectivity index (χ2v) is 2.50. The lowest BCUT2D eigenvalue weighted by Gasteiger charge is -2.03. The molecule has 0 aliphatic heterocycles. The van der Waals surface area contributed by atoms with Crippen LogP contribution in [0.25, 0.3) is 0 Å². The number of carbonyl (C=O) groups is 2. The van der Waals surface area contributed by atoms with Crippen molar-refractivity contribution in [3.63, 3.8) is 0 Å². The Balaban J connectivity index is 3.06. The quantitative estimate of drug-likeness (QED) is 0.531. The lowest BCUT2D eigenvalue weighted by molar-refractivity contribution is 0.0518. The average molecular weight is 210 g/mol. The first kappa shape index (κ1) is 11.1. The molecular formula is C9H10N2O4. The van der Waals surface area contributed by atoms with E-state index < -0.39 is 5.97 Å². The Morgan fingerprint density at radius 3 is 2.80 bits per heavy atom. The van der Waals surface area contributed by atoms with Gasteiger partial charge in [0, 0.05) is 6.07 Å². The fourth-order valence-corrected chi connectivity index (χ4v) is 0.904. The van der Waals surface area contributed by atoms with Crippen molar-refractivity contribution in [3.8, 4) is 6.01 Å². The van der Waals surface area contributed by atoms with E-state index in [0.29, 0.717) is 6.29 Å². The van der Waals surface area contributed by atoms with E-state index in [2.05, 4.69) is 9.97 Å². The SMILES string of the molecule is CCOC(=O)c1cc(C=O)nc(OC)n1. The van der Waals surface area contributed by atoms with E-state index in [4.69, 9.17) is 9.47 Å². The van der Waals surface area contributed by atoms with Gasteiger partial charge in [0.25, 0.3) is 0 Å².